The number of hydrogen-bond donors (Lipinski definition) is 2. The summed E-state index contributed by atoms with van der Waals surface area (Å²) < 4.78 is 28.0. The van der Waals surface area contributed by atoms with Gasteiger partial charge in [0.25, 0.3) is 12.3 Å². The summed E-state index contributed by atoms with van der Waals surface area (Å²) in [5, 5.41) is 6.28. The topological polar surface area (TPSA) is 79.3 Å². The van der Waals surface area contributed by atoms with Crippen LogP contribution in [0.5, 0.6) is 0 Å². The first-order chi connectivity index (χ1) is 17.6. The molecule has 37 heavy (non-hydrogen) atoms. The Hall–Kier alpha value is -3.11. The zero-order chi connectivity index (χ0) is 26.7. The number of aromatic nitrogens is 2. The minimum absolute atomic E-state index is 0.0705. The molecule has 4 rings (SSSR count). The van der Waals surface area contributed by atoms with Crippen LogP contribution in [0.15, 0.2) is 43.0 Å². The van der Waals surface area contributed by atoms with Crippen LogP contribution in [0.2, 0.25) is 0 Å². The summed E-state index contributed by atoms with van der Waals surface area (Å²) in [5.74, 6) is -0.293. The van der Waals surface area contributed by atoms with E-state index in [0.717, 1.165) is 41.8 Å². The maximum absolute atomic E-state index is 13.0. The molecule has 2 N–H and O–H groups in total. The second-order valence-electron chi connectivity index (χ2n) is 10.5. The molecule has 1 aliphatic heterocycles. The molecule has 7 nitrogen and oxygen atoms in total. The maximum Gasteiger partial charge on any atom is 0.272 e. The first-order valence-corrected chi connectivity index (χ1v) is 13.2. The van der Waals surface area contributed by atoms with E-state index in [1.165, 1.54) is 18.2 Å². The fraction of sp³-hybridized carbons (Fsp3) is 0.444. The number of carbonyl (C=O) groups is 2. The molecule has 0 bridgehead atoms. The quantitative estimate of drug-likeness (QED) is 0.354. The van der Waals surface area contributed by atoms with E-state index in [1.54, 1.807) is 4.90 Å². The van der Waals surface area contributed by atoms with E-state index in [-0.39, 0.29) is 27.1 Å². The zero-order valence-electron chi connectivity index (χ0n) is 21.4. The molecular formula is C27H33F2N5O2S. The first-order valence-electron chi connectivity index (χ1n) is 12.4. The number of benzene rings is 1. The number of thiophene rings is 1. The van der Waals surface area contributed by atoms with Crippen LogP contribution in [0.25, 0.3) is 11.0 Å². The Kier molecular flexibility index (Phi) is 8.08. The molecule has 1 saturated heterocycles. The summed E-state index contributed by atoms with van der Waals surface area (Å²) in [5.41, 5.74) is 2.76. The largest absolute Gasteiger partial charge is 0.334 e. The number of halogens is 2. The van der Waals surface area contributed by atoms with E-state index in [2.05, 4.69) is 38.0 Å². The molecule has 0 radical (unpaired) electrons. The van der Waals surface area contributed by atoms with Crippen LogP contribution in [-0.4, -0.2) is 45.4 Å². The van der Waals surface area contributed by atoms with Gasteiger partial charge >= 0.3 is 0 Å². The van der Waals surface area contributed by atoms with Crippen LogP contribution in [0, 0.1) is 5.41 Å². The van der Waals surface area contributed by atoms with Crippen molar-refractivity contribution in [1.29, 1.82) is 0 Å². The maximum atomic E-state index is 13.0. The lowest BCUT2D eigenvalue weighted by Gasteiger charge is -2.24. The van der Waals surface area contributed by atoms with Gasteiger partial charge in [0.1, 0.15) is 0 Å². The summed E-state index contributed by atoms with van der Waals surface area (Å²) in [6, 6.07) is 8.58. The number of fused-ring (bicyclic) bond motifs is 1. The van der Waals surface area contributed by atoms with E-state index >= 15 is 0 Å². The molecule has 1 aliphatic rings. The highest BCUT2D eigenvalue weighted by Gasteiger charge is 2.29. The lowest BCUT2D eigenvalue weighted by molar-refractivity contribution is -0.126. The fourth-order valence-electron chi connectivity index (χ4n) is 4.55. The number of amides is 2. The Labute approximate surface area is 219 Å². The van der Waals surface area contributed by atoms with Gasteiger partial charge in [0.15, 0.2) is 0 Å². The molecule has 1 aromatic carbocycles. The second kappa shape index (κ2) is 11.1. The highest BCUT2D eigenvalue weighted by atomic mass is 32.1. The van der Waals surface area contributed by atoms with Crippen LogP contribution < -0.4 is 10.6 Å². The van der Waals surface area contributed by atoms with Gasteiger partial charge in [0, 0.05) is 26.2 Å². The third-order valence-corrected chi connectivity index (χ3v) is 7.41. The van der Waals surface area contributed by atoms with Gasteiger partial charge < -0.3 is 14.8 Å². The molecule has 0 spiro atoms. The number of likely N-dealkylation sites (tertiary alicyclic amines) is 1. The monoisotopic (exact) mass is 529 g/mol. The molecular weight excluding hydrogens is 496 g/mol. The van der Waals surface area contributed by atoms with Gasteiger partial charge in [0.05, 0.1) is 26.8 Å². The summed E-state index contributed by atoms with van der Waals surface area (Å²) in [4.78, 5) is 31.9. The van der Waals surface area contributed by atoms with Crippen molar-refractivity contribution < 1.29 is 18.4 Å². The smallest absolute Gasteiger partial charge is 0.272 e. The van der Waals surface area contributed by atoms with Gasteiger partial charge in [-0.05, 0) is 54.2 Å². The van der Waals surface area contributed by atoms with Gasteiger partial charge in [-0.2, -0.15) is 0 Å². The van der Waals surface area contributed by atoms with Gasteiger partial charge in [-0.25, -0.2) is 13.8 Å². The molecule has 2 aromatic heterocycles. The Morgan fingerprint density at radius 2 is 2.05 bits per heavy atom. The van der Waals surface area contributed by atoms with E-state index in [0.29, 0.717) is 31.1 Å². The van der Waals surface area contributed by atoms with Crippen molar-refractivity contribution in [3.63, 3.8) is 0 Å². The SMILES string of the molecule is C=CC(=O)N1CCCC1Cn1c(NC(=O)c2ccc(C(F)F)s2)nc2cc(CNCC(C)(C)C)ccc21. The summed E-state index contributed by atoms with van der Waals surface area (Å²) in [6.45, 7) is 12.8. The second-order valence-corrected chi connectivity index (χ2v) is 11.6. The first kappa shape index (κ1) is 26.9. The number of nitrogens with one attached hydrogen (secondary N) is 2. The van der Waals surface area contributed by atoms with Crippen LogP contribution >= 0.6 is 11.3 Å². The Bertz CT molecular complexity index is 1290. The average molecular weight is 530 g/mol. The van der Waals surface area contributed by atoms with Crippen LogP contribution in [0.1, 0.15) is 60.2 Å². The van der Waals surface area contributed by atoms with Crippen LogP contribution in [0.3, 0.4) is 0 Å². The number of imidazole rings is 1. The predicted molar refractivity (Wildman–Crippen MR) is 143 cm³/mol. The molecule has 198 valence electrons. The molecule has 3 aromatic rings. The van der Waals surface area contributed by atoms with Crippen LogP contribution in [-0.2, 0) is 17.9 Å². The van der Waals surface area contributed by atoms with E-state index in [1.807, 2.05) is 22.8 Å². The number of nitrogens with zero attached hydrogens (tertiary/aromatic N) is 3. The van der Waals surface area contributed by atoms with Crippen molar-refractivity contribution in [2.75, 3.05) is 18.4 Å². The number of alkyl halides is 2. The average Bonchev–Trinajstić information content (AvgIpc) is 3.57. The summed E-state index contributed by atoms with van der Waals surface area (Å²) in [6.07, 6.45) is 0.399. The van der Waals surface area contributed by atoms with Gasteiger partial charge in [-0.15, -0.1) is 11.3 Å². The summed E-state index contributed by atoms with van der Waals surface area (Å²) >= 11 is 0.763. The van der Waals surface area contributed by atoms with E-state index in [4.69, 9.17) is 4.98 Å². The number of anilines is 1. The van der Waals surface area contributed by atoms with Crippen molar-refractivity contribution in [2.45, 2.75) is 59.2 Å². The van der Waals surface area contributed by atoms with Crippen molar-refractivity contribution in [2.24, 2.45) is 5.41 Å². The minimum Gasteiger partial charge on any atom is -0.334 e. The highest BCUT2D eigenvalue weighted by Crippen LogP contribution is 2.29. The Balaban J connectivity index is 1.64. The van der Waals surface area contributed by atoms with Crippen molar-refractivity contribution in [3.8, 4) is 0 Å². The van der Waals surface area contributed by atoms with Crippen molar-refractivity contribution in [1.82, 2.24) is 19.8 Å². The number of hydrogen-bond acceptors (Lipinski definition) is 5. The molecule has 1 unspecified atom stereocenters. The molecule has 1 atom stereocenters. The van der Waals surface area contributed by atoms with Gasteiger partial charge in [-0.1, -0.05) is 33.4 Å². The van der Waals surface area contributed by atoms with E-state index < -0.39 is 12.3 Å². The summed E-state index contributed by atoms with van der Waals surface area (Å²) in [7, 11) is 0. The standard InChI is InChI=1S/C27H33F2N5O2S/c1-5-23(35)33-12-6-7-18(33)15-34-20-9-8-17(14-30-16-27(2,3)4)13-19(20)31-26(34)32-25(36)22-11-10-21(37-22)24(28)29/h5,8-11,13,18,24,30H,1,6-7,12,14-16H2,2-4H3,(H,31,32,36). The fourth-order valence-corrected chi connectivity index (χ4v) is 5.31. The molecule has 2 amide bonds. The Morgan fingerprint density at radius 3 is 2.73 bits per heavy atom. The molecule has 3 heterocycles. The number of rotatable bonds is 9. The predicted octanol–water partition coefficient (Wildman–Crippen LogP) is 5.60. The van der Waals surface area contributed by atoms with Crippen LogP contribution in [0.4, 0.5) is 14.7 Å². The minimum atomic E-state index is -2.63. The van der Waals surface area contributed by atoms with Crippen molar-refractivity contribution >= 4 is 40.1 Å². The lowest BCUT2D eigenvalue weighted by atomic mass is 9.97. The van der Waals surface area contributed by atoms with Gasteiger partial charge in [-0.3, -0.25) is 14.9 Å². The molecule has 0 saturated carbocycles. The highest BCUT2D eigenvalue weighted by molar-refractivity contribution is 7.14. The molecule has 10 heteroatoms. The van der Waals surface area contributed by atoms with Crippen molar-refractivity contribution in [3.05, 3.63) is 58.3 Å². The van der Waals surface area contributed by atoms with Gasteiger partial charge in [0.2, 0.25) is 11.9 Å². The third kappa shape index (κ3) is 6.42. The lowest BCUT2D eigenvalue weighted by Crippen LogP contribution is -2.37. The Morgan fingerprint density at radius 1 is 1.27 bits per heavy atom. The number of carbonyl (C=O) groups excluding carboxylic acids is 2. The third-order valence-electron chi connectivity index (χ3n) is 6.32. The zero-order valence-corrected chi connectivity index (χ0v) is 22.2. The normalized spacial score (nSPS) is 16.1. The molecule has 0 aliphatic carbocycles. The molecule has 1 fully saturated rings. The van der Waals surface area contributed by atoms with E-state index in [9.17, 15) is 18.4 Å².